The van der Waals surface area contributed by atoms with Crippen LogP contribution in [0.4, 0.5) is 5.69 Å². The standard InChI is InChI=1S/C9H7BrN4O/c10-7-5-11-2-1-8(7)14-9(15)6-3-12-13-4-6/h1-5H,(H,12,13)(H,11,14,15). The molecule has 2 aromatic heterocycles. The summed E-state index contributed by atoms with van der Waals surface area (Å²) >= 11 is 3.29. The number of H-pyrrole nitrogens is 1. The van der Waals surface area contributed by atoms with E-state index < -0.39 is 0 Å². The van der Waals surface area contributed by atoms with E-state index in [4.69, 9.17) is 0 Å². The maximum absolute atomic E-state index is 11.6. The number of halogens is 1. The quantitative estimate of drug-likeness (QED) is 0.871. The van der Waals surface area contributed by atoms with Gasteiger partial charge in [0.1, 0.15) is 0 Å². The number of aromatic amines is 1. The molecule has 0 atom stereocenters. The van der Waals surface area contributed by atoms with E-state index in [1.807, 2.05) is 0 Å². The molecule has 0 spiro atoms. The summed E-state index contributed by atoms with van der Waals surface area (Å²) in [5.41, 5.74) is 1.16. The monoisotopic (exact) mass is 266 g/mol. The van der Waals surface area contributed by atoms with E-state index in [2.05, 4.69) is 36.4 Å². The zero-order valence-electron chi connectivity index (χ0n) is 7.57. The molecule has 0 aromatic carbocycles. The molecule has 0 aliphatic heterocycles. The van der Waals surface area contributed by atoms with Gasteiger partial charge in [-0.05, 0) is 22.0 Å². The van der Waals surface area contributed by atoms with Gasteiger partial charge in [0.2, 0.25) is 0 Å². The number of anilines is 1. The van der Waals surface area contributed by atoms with Crippen molar-refractivity contribution in [2.75, 3.05) is 5.32 Å². The number of nitrogens with one attached hydrogen (secondary N) is 2. The van der Waals surface area contributed by atoms with E-state index in [1.165, 1.54) is 12.4 Å². The second-order valence-corrected chi connectivity index (χ2v) is 3.65. The number of hydrogen-bond donors (Lipinski definition) is 2. The fraction of sp³-hybridized carbons (Fsp3) is 0. The first-order valence-corrected chi connectivity index (χ1v) is 4.96. The summed E-state index contributed by atoms with van der Waals surface area (Å²) in [4.78, 5) is 15.5. The first-order chi connectivity index (χ1) is 7.27. The van der Waals surface area contributed by atoms with Crippen LogP contribution in [-0.4, -0.2) is 21.1 Å². The third kappa shape index (κ3) is 2.21. The molecule has 15 heavy (non-hydrogen) atoms. The van der Waals surface area contributed by atoms with Crippen LogP contribution in [0, 0.1) is 0 Å². The lowest BCUT2D eigenvalue weighted by Crippen LogP contribution is -2.11. The Labute approximate surface area is 94.0 Å². The Morgan fingerprint density at radius 3 is 3.00 bits per heavy atom. The van der Waals surface area contributed by atoms with Crippen LogP contribution in [0.25, 0.3) is 0 Å². The number of rotatable bonds is 2. The number of amides is 1. The zero-order chi connectivity index (χ0) is 10.7. The lowest BCUT2D eigenvalue weighted by atomic mass is 10.3. The lowest BCUT2D eigenvalue weighted by Gasteiger charge is -2.04. The normalized spacial score (nSPS) is 9.93. The molecule has 0 bridgehead atoms. The Kier molecular flexibility index (Phi) is 2.77. The van der Waals surface area contributed by atoms with Crippen molar-refractivity contribution in [3.8, 4) is 0 Å². The number of hydrogen-bond acceptors (Lipinski definition) is 3. The van der Waals surface area contributed by atoms with Gasteiger partial charge in [-0.1, -0.05) is 0 Å². The predicted molar refractivity (Wildman–Crippen MR) is 58.5 cm³/mol. The molecule has 2 rings (SSSR count). The van der Waals surface area contributed by atoms with Crippen LogP contribution < -0.4 is 5.32 Å². The van der Waals surface area contributed by atoms with Crippen LogP contribution in [0.3, 0.4) is 0 Å². The summed E-state index contributed by atoms with van der Waals surface area (Å²) in [6, 6.07) is 1.71. The third-order valence-electron chi connectivity index (χ3n) is 1.78. The average molecular weight is 267 g/mol. The maximum atomic E-state index is 11.6. The number of carbonyl (C=O) groups is 1. The van der Waals surface area contributed by atoms with Gasteiger partial charge in [-0.25, -0.2) is 0 Å². The minimum atomic E-state index is -0.212. The van der Waals surface area contributed by atoms with Crippen LogP contribution in [0.5, 0.6) is 0 Å². The molecule has 6 heteroatoms. The summed E-state index contributed by atoms with van der Waals surface area (Å²) in [6.07, 6.45) is 6.22. The lowest BCUT2D eigenvalue weighted by molar-refractivity contribution is 0.102. The van der Waals surface area contributed by atoms with Gasteiger partial charge in [0.05, 0.1) is 21.9 Å². The predicted octanol–water partition coefficient (Wildman–Crippen LogP) is 1.82. The van der Waals surface area contributed by atoms with Gasteiger partial charge >= 0.3 is 0 Å². The fourth-order valence-electron chi connectivity index (χ4n) is 1.05. The molecule has 0 saturated carbocycles. The van der Waals surface area contributed by atoms with E-state index >= 15 is 0 Å². The number of carbonyl (C=O) groups excluding carboxylic acids is 1. The van der Waals surface area contributed by atoms with E-state index in [1.54, 1.807) is 18.5 Å². The Morgan fingerprint density at radius 1 is 1.47 bits per heavy atom. The summed E-state index contributed by atoms with van der Waals surface area (Å²) < 4.78 is 0.738. The third-order valence-corrected chi connectivity index (χ3v) is 2.41. The van der Waals surface area contributed by atoms with Crippen LogP contribution in [0.15, 0.2) is 35.3 Å². The van der Waals surface area contributed by atoms with Gasteiger partial charge in [-0.15, -0.1) is 0 Å². The molecule has 0 saturated heterocycles. The molecule has 0 unspecified atom stereocenters. The highest BCUT2D eigenvalue weighted by molar-refractivity contribution is 9.10. The zero-order valence-corrected chi connectivity index (χ0v) is 9.15. The van der Waals surface area contributed by atoms with Gasteiger partial charge in [0, 0.05) is 18.6 Å². The molecule has 5 nitrogen and oxygen atoms in total. The summed E-state index contributed by atoms with van der Waals surface area (Å²) in [5, 5.41) is 9.00. The molecule has 2 N–H and O–H groups in total. The Bertz CT molecular complexity index is 469. The Balaban J connectivity index is 2.17. The second kappa shape index (κ2) is 4.22. The van der Waals surface area contributed by atoms with Crippen LogP contribution >= 0.6 is 15.9 Å². The van der Waals surface area contributed by atoms with E-state index in [9.17, 15) is 4.79 Å². The first kappa shape index (κ1) is 9.85. The SMILES string of the molecule is O=C(Nc1ccncc1Br)c1cn[nH]c1. The Morgan fingerprint density at radius 2 is 2.33 bits per heavy atom. The Hall–Kier alpha value is -1.69. The van der Waals surface area contributed by atoms with Gasteiger partial charge in [0.25, 0.3) is 5.91 Å². The summed E-state index contributed by atoms with van der Waals surface area (Å²) in [6.45, 7) is 0. The smallest absolute Gasteiger partial charge is 0.258 e. The molecule has 2 heterocycles. The van der Waals surface area contributed by atoms with E-state index in [-0.39, 0.29) is 5.91 Å². The van der Waals surface area contributed by atoms with Crippen molar-refractivity contribution in [2.24, 2.45) is 0 Å². The molecule has 1 amide bonds. The van der Waals surface area contributed by atoms with Crippen LogP contribution in [0.2, 0.25) is 0 Å². The molecule has 2 aromatic rings. The fourth-order valence-corrected chi connectivity index (χ4v) is 1.40. The number of aromatic nitrogens is 3. The molecule has 76 valence electrons. The van der Waals surface area contributed by atoms with Crippen molar-refractivity contribution in [3.63, 3.8) is 0 Å². The van der Waals surface area contributed by atoms with E-state index in [0.717, 1.165) is 4.47 Å². The summed E-state index contributed by atoms with van der Waals surface area (Å²) in [7, 11) is 0. The molecule has 0 radical (unpaired) electrons. The van der Waals surface area contributed by atoms with Gasteiger partial charge < -0.3 is 5.32 Å². The van der Waals surface area contributed by atoms with Crippen molar-refractivity contribution in [1.29, 1.82) is 0 Å². The molecule has 0 aliphatic rings. The minimum Gasteiger partial charge on any atom is -0.321 e. The summed E-state index contributed by atoms with van der Waals surface area (Å²) in [5.74, 6) is -0.212. The van der Waals surface area contributed by atoms with Crippen molar-refractivity contribution >= 4 is 27.5 Å². The van der Waals surface area contributed by atoms with Crippen LogP contribution in [0.1, 0.15) is 10.4 Å². The second-order valence-electron chi connectivity index (χ2n) is 2.80. The highest BCUT2D eigenvalue weighted by Gasteiger charge is 2.08. The van der Waals surface area contributed by atoms with E-state index in [0.29, 0.717) is 11.3 Å². The van der Waals surface area contributed by atoms with Crippen molar-refractivity contribution in [3.05, 3.63) is 40.9 Å². The highest BCUT2D eigenvalue weighted by atomic mass is 79.9. The number of pyridine rings is 1. The molecular weight excluding hydrogens is 260 g/mol. The van der Waals surface area contributed by atoms with Crippen LogP contribution in [-0.2, 0) is 0 Å². The number of nitrogens with zero attached hydrogens (tertiary/aromatic N) is 2. The molecular formula is C9H7BrN4O. The topological polar surface area (TPSA) is 70.7 Å². The maximum Gasteiger partial charge on any atom is 0.258 e. The van der Waals surface area contributed by atoms with Crippen molar-refractivity contribution in [1.82, 2.24) is 15.2 Å². The van der Waals surface area contributed by atoms with Gasteiger partial charge in [-0.2, -0.15) is 5.10 Å². The molecule has 0 fully saturated rings. The first-order valence-electron chi connectivity index (χ1n) is 4.17. The van der Waals surface area contributed by atoms with Gasteiger partial charge in [0.15, 0.2) is 0 Å². The van der Waals surface area contributed by atoms with Gasteiger partial charge in [-0.3, -0.25) is 14.9 Å². The van der Waals surface area contributed by atoms with Crippen molar-refractivity contribution in [2.45, 2.75) is 0 Å². The molecule has 0 aliphatic carbocycles. The average Bonchev–Trinajstić information content (AvgIpc) is 2.74. The largest absolute Gasteiger partial charge is 0.321 e. The highest BCUT2D eigenvalue weighted by Crippen LogP contribution is 2.20. The van der Waals surface area contributed by atoms with Crippen molar-refractivity contribution < 1.29 is 4.79 Å². The minimum absolute atomic E-state index is 0.212.